The molecule has 2 amide bonds. The van der Waals surface area contributed by atoms with Gasteiger partial charge in [-0.3, -0.25) is 9.59 Å². The number of benzene rings is 2. The molecule has 0 heterocycles. The van der Waals surface area contributed by atoms with Crippen molar-refractivity contribution in [2.24, 2.45) is 0 Å². The fourth-order valence-electron chi connectivity index (χ4n) is 2.99. The molecule has 2 aromatic carbocycles. The fourth-order valence-corrected chi connectivity index (χ4v) is 2.99. The summed E-state index contributed by atoms with van der Waals surface area (Å²) in [6, 6.07) is 5.14. The van der Waals surface area contributed by atoms with Crippen LogP contribution in [0.3, 0.4) is 0 Å². The summed E-state index contributed by atoms with van der Waals surface area (Å²) >= 11 is 0. The molecular weight excluding hydrogens is 622 g/mol. The molecule has 42 heavy (non-hydrogen) atoms. The monoisotopic (exact) mass is 636 g/mol. The number of ether oxygens (including phenoxy) is 2. The molecule has 2 aromatic rings. The fraction of sp³-hybridized carbons (Fsp3) is 0.364. The summed E-state index contributed by atoms with van der Waals surface area (Å²) in [4.78, 5) is 23.3. The second-order valence-electron chi connectivity index (χ2n) is 8.03. The number of hydrogen-bond acceptors (Lipinski definition) is 4. The van der Waals surface area contributed by atoms with Crippen LogP contribution in [0.1, 0.15) is 0 Å². The normalized spacial score (nSPS) is 13.4. The van der Waals surface area contributed by atoms with Gasteiger partial charge in [0.15, 0.2) is 0 Å². The predicted molar refractivity (Wildman–Crippen MR) is 114 cm³/mol. The van der Waals surface area contributed by atoms with E-state index in [-0.39, 0.29) is 11.1 Å². The summed E-state index contributed by atoms with van der Waals surface area (Å²) in [6.07, 6.45) is -13.6. The first-order valence-corrected chi connectivity index (χ1v) is 10.5. The second kappa shape index (κ2) is 11.0. The Kier molecular flexibility index (Phi) is 8.96. The van der Waals surface area contributed by atoms with Gasteiger partial charge in [-0.25, -0.2) is 0 Å². The molecule has 0 fully saturated rings. The molecule has 0 unspecified atom stereocenters. The Labute approximate surface area is 224 Å². The van der Waals surface area contributed by atoms with Crippen LogP contribution in [0.4, 0.5) is 72.8 Å². The van der Waals surface area contributed by atoms with Crippen LogP contribution in [0, 0.1) is 0 Å². The minimum Gasteiger partial charge on any atom is -0.495 e. The molecule has 0 radical (unpaired) electrons. The van der Waals surface area contributed by atoms with Gasteiger partial charge in [0.05, 0.1) is 25.6 Å². The lowest BCUT2D eigenvalue weighted by Gasteiger charge is -2.27. The van der Waals surface area contributed by atoms with Gasteiger partial charge < -0.3 is 20.1 Å². The van der Waals surface area contributed by atoms with E-state index in [1.165, 1.54) is 10.6 Å². The quantitative estimate of drug-likeness (QED) is 0.294. The zero-order valence-corrected chi connectivity index (χ0v) is 20.4. The number of halogens is 14. The molecule has 0 aromatic heterocycles. The van der Waals surface area contributed by atoms with Crippen molar-refractivity contribution in [3.8, 4) is 22.6 Å². The van der Waals surface area contributed by atoms with E-state index in [9.17, 15) is 71.1 Å². The molecule has 2 rings (SSSR count). The minimum atomic E-state index is -6.79. The molecule has 0 spiro atoms. The lowest BCUT2D eigenvalue weighted by Crippen LogP contribution is -2.57. The molecule has 2 N–H and O–H groups in total. The number of alkyl halides is 14. The lowest BCUT2D eigenvalue weighted by atomic mass is 10.0. The van der Waals surface area contributed by atoms with Gasteiger partial charge in [0.2, 0.25) is 0 Å². The average molecular weight is 636 g/mol. The predicted octanol–water partition coefficient (Wildman–Crippen LogP) is 6.91. The van der Waals surface area contributed by atoms with E-state index in [0.717, 1.165) is 50.6 Å². The average Bonchev–Trinajstić information content (AvgIpc) is 2.87. The number of carbonyl (C=O) groups excluding carboxylic acids is 2. The highest BCUT2D eigenvalue weighted by Gasteiger charge is 2.77. The standard InChI is InChI=1S/C22H14F14N2O4/c1-41-13-7-9(3-5-11(13)37-15(39)17(23,24)19(27,28)21(31,32)33)10-4-6-12(14(8-10)42-2)38-16(40)18(25,26)20(29,30)22(34,35)36/h3-8H,1-2H3,(H,37,39)(H,38,40). The van der Waals surface area contributed by atoms with Crippen molar-refractivity contribution in [1.29, 1.82) is 0 Å². The maximum atomic E-state index is 13.7. The Morgan fingerprint density at radius 2 is 0.833 bits per heavy atom. The van der Waals surface area contributed by atoms with Crippen molar-refractivity contribution in [3.05, 3.63) is 36.4 Å². The number of nitrogens with one attached hydrogen (secondary N) is 2. The summed E-state index contributed by atoms with van der Waals surface area (Å²) in [6.45, 7) is 0. The zero-order valence-electron chi connectivity index (χ0n) is 20.4. The third-order valence-corrected chi connectivity index (χ3v) is 5.30. The van der Waals surface area contributed by atoms with E-state index >= 15 is 0 Å². The smallest absolute Gasteiger partial charge is 0.460 e. The summed E-state index contributed by atoms with van der Waals surface area (Å²) in [5, 5.41) is 2.34. The van der Waals surface area contributed by atoms with Crippen LogP contribution >= 0.6 is 0 Å². The minimum absolute atomic E-state index is 0.0395. The Balaban J connectivity index is 2.39. The molecule has 20 heteroatoms. The van der Waals surface area contributed by atoms with Gasteiger partial charge in [-0.1, -0.05) is 12.1 Å². The van der Waals surface area contributed by atoms with Crippen LogP contribution in [0.15, 0.2) is 36.4 Å². The highest BCUT2D eigenvalue weighted by Crippen LogP contribution is 2.48. The van der Waals surface area contributed by atoms with Crippen LogP contribution in [0.2, 0.25) is 0 Å². The SMILES string of the molecule is COc1cc(-c2ccc(NC(=O)C(F)(F)C(F)(F)C(F)(F)F)c(OC)c2)ccc1NC(=O)C(F)(F)C(F)(F)C(F)(F)F. The topological polar surface area (TPSA) is 76.7 Å². The third kappa shape index (κ3) is 5.96. The molecular formula is C22H14F14N2O4. The lowest BCUT2D eigenvalue weighted by molar-refractivity contribution is -0.343. The van der Waals surface area contributed by atoms with E-state index < -0.39 is 70.7 Å². The van der Waals surface area contributed by atoms with Gasteiger partial charge in [-0.15, -0.1) is 0 Å². The van der Waals surface area contributed by atoms with Crippen molar-refractivity contribution in [3.63, 3.8) is 0 Å². The first-order chi connectivity index (χ1) is 18.9. The molecule has 0 aliphatic carbocycles. The molecule has 234 valence electrons. The van der Waals surface area contributed by atoms with E-state index in [1.54, 1.807) is 0 Å². The second-order valence-corrected chi connectivity index (χ2v) is 8.03. The van der Waals surface area contributed by atoms with E-state index in [1.807, 2.05) is 0 Å². The van der Waals surface area contributed by atoms with Crippen LogP contribution in [0.25, 0.3) is 11.1 Å². The van der Waals surface area contributed by atoms with Crippen LogP contribution in [0.5, 0.6) is 11.5 Å². The summed E-state index contributed by atoms with van der Waals surface area (Å²) < 4.78 is 191. The summed E-state index contributed by atoms with van der Waals surface area (Å²) in [5.41, 5.74) is -1.70. The van der Waals surface area contributed by atoms with Gasteiger partial charge in [-0.05, 0) is 35.4 Å². The number of methoxy groups -OCH3 is 2. The molecule has 0 saturated heterocycles. The Bertz CT molecular complexity index is 1240. The van der Waals surface area contributed by atoms with Crippen LogP contribution in [-0.4, -0.2) is 62.1 Å². The van der Waals surface area contributed by atoms with Gasteiger partial charge >= 0.3 is 47.9 Å². The first-order valence-electron chi connectivity index (χ1n) is 10.5. The van der Waals surface area contributed by atoms with E-state index in [2.05, 4.69) is 0 Å². The molecule has 6 nitrogen and oxygen atoms in total. The van der Waals surface area contributed by atoms with Crippen molar-refractivity contribution in [2.45, 2.75) is 36.0 Å². The molecule has 0 saturated carbocycles. The molecule has 0 aliphatic heterocycles. The third-order valence-electron chi connectivity index (χ3n) is 5.30. The van der Waals surface area contributed by atoms with Gasteiger partial charge in [-0.2, -0.15) is 61.5 Å². The molecule has 0 bridgehead atoms. The van der Waals surface area contributed by atoms with Crippen LogP contribution in [-0.2, 0) is 9.59 Å². The molecule has 0 aliphatic rings. The maximum absolute atomic E-state index is 13.7. The van der Waals surface area contributed by atoms with Gasteiger partial charge in [0, 0.05) is 0 Å². The van der Waals surface area contributed by atoms with Crippen molar-refractivity contribution < 1.29 is 80.5 Å². The Hall–Kier alpha value is -4.00. The van der Waals surface area contributed by atoms with Crippen molar-refractivity contribution >= 4 is 23.2 Å². The zero-order chi connectivity index (χ0) is 32.7. The van der Waals surface area contributed by atoms with Gasteiger partial charge in [0.25, 0.3) is 0 Å². The summed E-state index contributed by atoms with van der Waals surface area (Å²) in [5.74, 6) is -33.3. The molecule has 0 atom stereocenters. The number of amides is 2. The summed E-state index contributed by atoms with van der Waals surface area (Å²) in [7, 11) is 1.74. The number of carbonyl (C=O) groups is 2. The van der Waals surface area contributed by atoms with Crippen molar-refractivity contribution in [1.82, 2.24) is 0 Å². The highest BCUT2D eigenvalue weighted by atomic mass is 19.4. The Morgan fingerprint density at radius 3 is 1.07 bits per heavy atom. The van der Waals surface area contributed by atoms with Crippen molar-refractivity contribution in [2.75, 3.05) is 24.9 Å². The highest BCUT2D eigenvalue weighted by molar-refractivity contribution is 5.99. The number of anilines is 2. The van der Waals surface area contributed by atoms with E-state index in [4.69, 9.17) is 9.47 Å². The van der Waals surface area contributed by atoms with Gasteiger partial charge in [0.1, 0.15) is 11.5 Å². The largest absolute Gasteiger partial charge is 0.495 e. The first kappa shape index (κ1) is 34.2. The number of rotatable bonds is 9. The maximum Gasteiger partial charge on any atom is 0.460 e. The Morgan fingerprint density at radius 1 is 0.548 bits per heavy atom. The van der Waals surface area contributed by atoms with E-state index in [0.29, 0.717) is 0 Å². The number of hydrogen-bond donors (Lipinski definition) is 2. The van der Waals surface area contributed by atoms with Crippen LogP contribution < -0.4 is 20.1 Å².